The van der Waals surface area contributed by atoms with Gasteiger partial charge in [0.2, 0.25) is 0 Å². The molecule has 5 heteroatoms. The first-order chi connectivity index (χ1) is 8.29. The van der Waals surface area contributed by atoms with E-state index in [0.29, 0.717) is 5.15 Å². The summed E-state index contributed by atoms with van der Waals surface area (Å²) in [5, 5.41) is 1.57. The van der Waals surface area contributed by atoms with Crippen LogP contribution < -0.4 is 0 Å². The lowest BCUT2D eigenvalue weighted by Gasteiger charge is -1.96. The van der Waals surface area contributed by atoms with Gasteiger partial charge in [0.05, 0.1) is 10.2 Å². The topological polar surface area (TPSA) is 38.7 Å². The van der Waals surface area contributed by atoms with E-state index in [1.165, 1.54) is 6.33 Å². The Labute approximate surface area is 107 Å². The summed E-state index contributed by atoms with van der Waals surface area (Å²) in [5.74, 6) is 0. The van der Waals surface area contributed by atoms with Crippen molar-refractivity contribution in [1.82, 2.24) is 15.0 Å². The molecule has 3 aromatic rings. The summed E-state index contributed by atoms with van der Waals surface area (Å²) in [5.41, 5.74) is 2.02. The lowest BCUT2D eigenvalue weighted by molar-refractivity contribution is 0.891. The van der Waals surface area contributed by atoms with Crippen molar-refractivity contribution in [2.45, 2.75) is 19.8 Å². The second-order valence-electron chi connectivity index (χ2n) is 3.85. The molecule has 0 aromatic carbocycles. The number of aromatic nitrogens is 3. The van der Waals surface area contributed by atoms with E-state index in [2.05, 4.69) is 34.0 Å². The van der Waals surface area contributed by atoms with Gasteiger partial charge >= 0.3 is 0 Å². The molecule has 3 rings (SSSR count). The summed E-state index contributed by atoms with van der Waals surface area (Å²) in [6.07, 6.45) is 3.60. The highest BCUT2D eigenvalue weighted by atomic mass is 35.5. The molecule has 0 fully saturated rings. The first-order valence-electron chi connectivity index (χ1n) is 5.48. The van der Waals surface area contributed by atoms with Crippen LogP contribution in [-0.4, -0.2) is 15.0 Å². The molecular weight excluding hydrogens is 254 g/mol. The van der Waals surface area contributed by atoms with E-state index in [1.807, 2.05) is 0 Å². The lowest BCUT2D eigenvalue weighted by atomic mass is 10.2. The minimum Gasteiger partial charge on any atom is -0.242 e. The van der Waals surface area contributed by atoms with Gasteiger partial charge in [-0.1, -0.05) is 24.9 Å². The second-order valence-corrected chi connectivity index (χ2v) is 5.21. The van der Waals surface area contributed by atoms with Crippen molar-refractivity contribution in [3.05, 3.63) is 29.3 Å². The van der Waals surface area contributed by atoms with Crippen LogP contribution in [0.15, 0.2) is 18.5 Å². The van der Waals surface area contributed by atoms with Crippen molar-refractivity contribution in [3.63, 3.8) is 0 Å². The maximum atomic E-state index is 6.06. The molecule has 0 amide bonds. The second kappa shape index (κ2) is 4.20. The Hall–Kier alpha value is -1.26. The van der Waals surface area contributed by atoms with Gasteiger partial charge in [-0.05, 0) is 18.6 Å². The predicted octanol–water partition coefficient (Wildman–Crippen LogP) is 3.85. The van der Waals surface area contributed by atoms with Crippen molar-refractivity contribution in [1.29, 1.82) is 0 Å². The molecule has 0 saturated carbocycles. The van der Waals surface area contributed by atoms with Crippen molar-refractivity contribution >= 4 is 43.4 Å². The monoisotopic (exact) mass is 263 g/mol. The van der Waals surface area contributed by atoms with Crippen LogP contribution in [0.1, 0.15) is 19.0 Å². The Morgan fingerprint density at radius 2 is 2.18 bits per heavy atom. The molecule has 3 aromatic heterocycles. The smallest absolute Gasteiger partial charge is 0.150 e. The molecule has 3 nitrogen and oxygen atoms in total. The van der Waals surface area contributed by atoms with Gasteiger partial charge in [-0.25, -0.2) is 15.0 Å². The molecule has 0 aliphatic carbocycles. The number of fused-ring (bicyclic) bond motifs is 3. The van der Waals surface area contributed by atoms with Gasteiger partial charge in [0.15, 0.2) is 0 Å². The standard InChI is InChI=1S/C12H10ClN3S/c1-2-3-7-4-5-8-9-10(17-12(8)16-7)11(13)15-6-14-9/h4-6H,2-3H2,1H3. The number of halogens is 1. The Bertz CT molecular complexity index is 693. The largest absolute Gasteiger partial charge is 0.242 e. The van der Waals surface area contributed by atoms with E-state index >= 15 is 0 Å². The average Bonchev–Trinajstić information content (AvgIpc) is 2.69. The minimum atomic E-state index is 0.509. The highest BCUT2D eigenvalue weighted by Gasteiger charge is 2.11. The van der Waals surface area contributed by atoms with Crippen LogP contribution in [0.25, 0.3) is 20.4 Å². The highest BCUT2D eigenvalue weighted by Crippen LogP contribution is 2.34. The quantitative estimate of drug-likeness (QED) is 0.659. The summed E-state index contributed by atoms with van der Waals surface area (Å²) in [7, 11) is 0. The number of aryl methyl sites for hydroxylation is 1. The zero-order chi connectivity index (χ0) is 11.8. The number of thiophene rings is 1. The van der Waals surface area contributed by atoms with E-state index in [9.17, 15) is 0 Å². The summed E-state index contributed by atoms with van der Waals surface area (Å²) < 4.78 is 0.922. The molecular formula is C12H10ClN3S. The van der Waals surface area contributed by atoms with Gasteiger partial charge in [-0.2, -0.15) is 0 Å². The molecule has 0 aliphatic rings. The van der Waals surface area contributed by atoms with Crippen molar-refractivity contribution in [3.8, 4) is 0 Å². The number of rotatable bonds is 2. The molecule has 0 atom stereocenters. The van der Waals surface area contributed by atoms with Crippen molar-refractivity contribution in [2.75, 3.05) is 0 Å². The lowest BCUT2D eigenvalue weighted by Crippen LogP contribution is -1.87. The number of hydrogen-bond acceptors (Lipinski definition) is 4. The van der Waals surface area contributed by atoms with E-state index in [1.54, 1.807) is 11.3 Å². The predicted molar refractivity (Wildman–Crippen MR) is 71.7 cm³/mol. The van der Waals surface area contributed by atoms with Gasteiger partial charge in [0.1, 0.15) is 16.3 Å². The normalized spacial score (nSPS) is 11.4. The van der Waals surface area contributed by atoms with Crippen LogP contribution in [0.2, 0.25) is 5.15 Å². The zero-order valence-corrected chi connectivity index (χ0v) is 10.8. The summed E-state index contributed by atoms with van der Waals surface area (Å²) in [6, 6.07) is 4.14. The van der Waals surface area contributed by atoms with E-state index in [-0.39, 0.29) is 0 Å². The first-order valence-corrected chi connectivity index (χ1v) is 6.67. The number of pyridine rings is 1. The van der Waals surface area contributed by atoms with Gasteiger partial charge in [0.25, 0.3) is 0 Å². The fourth-order valence-corrected chi connectivity index (χ4v) is 3.14. The highest BCUT2D eigenvalue weighted by molar-refractivity contribution is 7.25. The minimum absolute atomic E-state index is 0.509. The Morgan fingerprint density at radius 3 is 3.00 bits per heavy atom. The molecule has 0 spiro atoms. The number of nitrogens with zero attached hydrogens (tertiary/aromatic N) is 3. The van der Waals surface area contributed by atoms with Gasteiger partial charge < -0.3 is 0 Å². The van der Waals surface area contributed by atoms with Crippen LogP contribution in [0.5, 0.6) is 0 Å². The van der Waals surface area contributed by atoms with E-state index < -0.39 is 0 Å². The molecule has 17 heavy (non-hydrogen) atoms. The summed E-state index contributed by atoms with van der Waals surface area (Å²) in [4.78, 5) is 13.9. The van der Waals surface area contributed by atoms with E-state index in [4.69, 9.17) is 11.6 Å². The Kier molecular flexibility index (Phi) is 2.68. The molecule has 0 unspecified atom stereocenters. The van der Waals surface area contributed by atoms with Crippen LogP contribution in [0, 0.1) is 0 Å². The molecule has 0 saturated heterocycles. The van der Waals surface area contributed by atoms with Crippen molar-refractivity contribution in [2.24, 2.45) is 0 Å². The third-order valence-electron chi connectivity index (χ3n) is 2.64. The summed E-state index contributed by atoms with van der Waals surface area (Å²) >= 11 is 7.62. The van der Waals surface area contributed by atoms with Gasteiger partial charge in [-0.3, -0.25) is 0 Å². The van der Waals surface area contributed by atoms with E-state index in [0.717, 1.165) is 39.0 Å². The zero-order valence-electron chi connectivity index (χ0n) is 9.27. The van der Waals surface area contributed by atoms with Gasteiger partial charge in [0, 0.05) is 11.1 Å². The third-order valence-corrected chi connectivity index (χ3v) is 4.13. The summed E-state index contributed by atoms with van der Waals surface area (Å²) in [6.45, 7) is 2.15. The fourth-order valence-electron chi connectivity index (χ4n) is 1.86. The molecule has 0 bridgehead atoms. The van der Waals surface area contributed by atoms with Crippen LogP contribution in [0.3, 0.4) is 0 Å². The molecule has 3 heterocycles. The number of hydrogen-bond donors (Lipinski definition) is 0. The van der Waals surface area contributed by atoms with Crippen LogP contribution >= 0.6 is 22.9 Å². The SMILES string of the molecule is CCCc1ccc2c(n1)sc1c(Cl)ncnc12. The first kappa shape index (κ1) is 10.9. The third kappa shape index (κ3) is 1.77. The maximum absolute atomic E-state index is 6.06. The average molecular weight is 264 g/mol. The maximum Gasteiger partial charge on any atom is 0.150 e. The molecule has 0 N–H and O–H groups in total. The van der Waals surface area contributed by atoms with Gasteiger partial charge in [-0.15, -0.1) is 11.3 Å². The van der Waals surface area contributed by atoms with Crippen LogP contribution in [0.4, 0.5) is 0 Å². The van der Waals surface area contributed by atoms with Crippen molar-refractivity contribution < 1.29 is 0 Å². The fraction of sp³-hybridized carbons (Fsp3) is 0.250. The molecule has 0 aliphatic heterocycles. The molecule has 86 valence electrons. The Morgan fingerprint density at radius 1 is 1.29 bits per heavy atom. The van der Waals surface area contributed by atoms with Crippen LogP contribution in [-0.2, 0) is 6.42 Å². The molecule has 0 radical (unpaired) electrons. The Balaban J connectivity index is 2.31.